The molecular formula is C14H14N2OS. The van der Waals surface area contributed by atoms with Crippen LogP contribution in [0.25, 0.3) is 0 Å². The van der Waals surface area contributed by atoms with Gasteiger partial charge < -0.3 is 0 Å². The predicted octanol–water partition coefficient (Wildman–Crippen LogP) is 4.56. The summed E-state index contributed by atoms with van der Waals surface area (Å²) in [4.78, 5) is 9.31. The number of carbonyl (C=O) groups excluding carboxylic acids is 1. The first-order valence-electron chi connectivity index (χ1n) is 5.40. The molecule has 92 valence electrons. The Bertz CT molecular complexity index is 452. The van der Waals surface area contributed by atoms with Crippen molar-refractivity contribution in [3.05, 3.63) is 60.7 Å². The smallest absolute Gasteiger partial charge is 0.182 e. The standard InChI is InChI=1S/C12H10N2.C2H4OS/c1-3-7-11(8-4-1)13-14-12-9-5-2-6-10-12;1-2(3)4/h1-10H;1H3,(H,3,4). The first-order valence-corrected chi connectivity index (χ1v) is 5.84. The molecule has 0 radical (unpaired) electrons. The Labute approximate surface area is 112 Å². The number of nitrogens with zero attached hydrogens (tertiary/aromatic N) is 2. The van der Waals surface area contributed by atoms with Gasteiger partial charge in [0, 0.05) is 6.92 Å². The third-order valence-corrected chi connectivity index (χ3v) is 1.79. The first-order chi connectivity index (χ1) is 8.68. The number of hydrogen-bond donors (Lipinski definition) is 1. The van der Waals surface area contributed by atoms with E-state index in [1.807, 2.05) is 60.7 Å². The normalized spacial score (nSPS) is 9.67. The summed E-state index contributed by atoms with van der Waals surface area (Å²) in [6.45, 7) is 1.39. The predicted molar refractivity (Wildman–Crippen MR) is 76.7 cm³/mol. The molecule has 0 aliphatic heterocycles. The van der Waals surface area contributed by atoms with Gasteiger partial charge in [-0.05, 0) is 24.3 Å². The summed E-state index contributed by atoms with van der Waals surface area (Å²) in [5.41, 5.74) is 1.74. The highest BCUT2D eigenvalue weighted by Gasteiger charge is 1.86. The zero-order chi connectivity index (χ0) is 13.2. The van der Waals surface area contributed by atoms with Crippen LogP contribution in [0.15, 0.2) is 70.9 Å². The molecule has 0 atom stereocenters. The van der Waals surface area contributed by atoms with E-state index in [1.165, 1.54) is 6.92 Å². The van der Waals surface area contributed by atoms with Gasteiger partial charge in [0.2, 0.25) is 0 Å². The van der Waals surface area contributed by atoms with Crippen LogP contribution in [0.3, 0.4) is 0 Å². The van der Waals surface area contributed by atoms with Gasteiger partial charge >= 0.3 is 0 Å². The van der Waals surface area contributed by atoms with Gasteiger partial charge in [-0.3, -0.25) is 4.79 Å². The second-order valence-corrected chi connectivity index (χ2v) is 4.02. The summed E-state index contributed by atoms with van der Waals surface area (Å²) in [5.74, 6) is 0. The summed E-state index contributed by atoms with van der Waals surface area (Å²) in [6.07, 6.45) is 0. The number of thiol groups is 1. The molecule has 0 saturated carbocycles. The van der Waals surface area contributed by atoms with Crippen molar-refractivity contribution in [1.82, 2.24) is 0 Å². The Morgan fingerprint density at radius 3 is 1.39 bits per heavy atom. The largest absolute Gasteiger partial charge is 0.288 e. The third-order valence-electron chi connectivity index (χ3n) is 1.79. The molecule has 0 unspecified atom stereocenters. The van der Waals surface area contributed by atoms with E-state index >= 15 is 0 Å². The monoisotopic (exact) mass is 258 g/mol. The van der Waals surface area contributed by atoms with E-state index < -0.39 is 0 Å². The molecule has 0 aliphatic rings. The van der Waals surface area contributed by atoms with Gasteiger partial charge in [-0.15, -0.1) is 12.6 Å². The molecule has 2 aromatic rings. The van der Waals surface area contributed by atoms with E-state index in [2.05, 4.69) is 22.9 Å². The van der Waals surface area contributed by atoms with E-state index in [9.17, 15) is 4.79 Å². The van der Waals surface area contributed by atoms with Crippen molar-refractivity contribution in [2.24, 2.45) is 10.2 Å². The maximum Gasteiger partial charge on any atom is 0.182 e. The maximum atomic E-state index is 9.31. The Morgan fingerprint density at radius 1 is 0.833 bits per heavy atom. The van der Waals surface area contributed by atoms with Crippen LogP contribution >= 0.6 is 12.6 Å². The Morgan fingerprint density at radius 2 is 1.11 bits per heavy atom. The summed E-state index contributed by atoms with van der Waals surface area (Å²) in [5, 5.41) is 8.06. The molecule has 0 bridgehead atoms. The van der Waals surface area contributed by atoms with E-state index in [-0.39, 0.29) is 5.12 Å². The van der Waals surface area contributed by atoms with Crippen LogP contribution in [-0.2, 0) is 4.79 Å². The van der Waals surface area contributed by atoms with Gasteiger partial charge in [0.15, 0.2) is 5.12 Å². The van der Waals surface area contributed by atoms with Crippen molar-refractivity contribution in [3.8, 4) is 0 Å². The van der Waals surface area contributed by atoms with Crippen molar-refractivity contribution in [3.63, 3.8) is 0 Å². The molecule has 2 rings (SSSR count). The summed E-state index contributed by atoms with van der Waals surface area (Å²) in [6, 6.07) is 19.4. The number of benzene rings is 2. The van der Waals surface area contributed by atoms with E-state index in [0.29, 0.717) is 0 Å². The van der Waals surface area contributed by atoms with Crippen molar-refractivity contribution in [2.75, 3.05) is 0 Å². The summed E-state index contributed by atoms with van der Waals surface area (Å²) in [7, 11) is 0. The van der Waals surface area contributed by atoms with E-state index in [4.69, 9.17) is 0 Å². The second-order valence-electron chi connectivity index (χ2n) is 3.39. The highest BCUT2D eigenvalue weighted by Crippen LogP contribution is 2.16. The van der Waals surface area contributed by atoms with Gasteiger partial charge in [-0.25, -0.2) is 0 Å². The van der Waals surface area contributed by atoms with Crippen LogP contribution in [0.2, 0.25) is 0 Å². The molecule has 0 N–H and O–H groups in total. The molecular weight excluding hydrogens is 244 g/mol. The Hall–Kier alpha value is -1.94. The second kappa shape index (κ2) is 8.20. The number of rotatable bonds is 2. The quantitative estimate of drug-likeness (QED) is 0.622. The summed E-state index contributed by atoms with van der Waals surface area (Å²) >= 11 is 3.33. The van der Waals surface area contributed by atoms with Crippen LogP contribution in [0.4, 0.5) is 11.4 Å². The fourth-order valence-corrected chi connectivity index (χ4v) is 1.10. The lowest BCUT2D eigenvalue weighted by molar-refractivity contribution is -0.108. The molecule has 3 nitrogen and oxygen atoms in total. The van der Waals surface area contributed by atoms with Crippen LogP contribution in [-0.4, -0.2) is 5.12 Å². The lowest BCUT2D eigenvalue weighted by Gasteiger charge is -1.91. The molecule has 0 aromatic heterocycles. The highest BCUT2D eigenvalue weighted by atomic mass is 32.1. The van der Waals surface area contributed by atoms with Crippen molar-refractivity contribution in [1.29, 1.82) is 0 Å². The zero-order valence-electron chi connectivity index (χ0n) is 10.0. The summed E-state index contributed by atoms with van der Waals surface area (Å²) < 4.78 is 0. The molecule has 18 heavy (non-hydrogen) atoms. The SMILES string of the molecule is CC(=O)S.c1ccc(N=Nc2ccccc2)cc1. The molecule has 2 aromatic carbocycles. The minimum atomic E-state index is -0.139. The third kappa shape index (κ3) is 6.60. The molecule has 0 fully saturated rings. The van der Waals surface area contributed by atoms with E-state index in [1.54, 1.807) is 0 Å². The Kier molecular flexibility index (Phi) is 6.43. The van der Waals surface area contributed by atoms with Crippen LogP contribution in [0.1, 0.15) is 6.92 Å². The fourth-order valence-electron chi connectivity index (χ4n) is 1.10. The lowest BCUT2D eigenvalue weighted by atomic mass is 10.3. The van der Waals surface area contributed by atoms with Gasteiger partial charge in [0.25, 0.3) is 0 Å². The van der Waals surface area contributed by atoms with E-state index in [0.717, 1.165) is 11.4 Å². The molecule has 4 heteroatoms. The van der Waals surface area contributed by atoms with Crippen LogP contribution in [0, 0.1) is 0 Å². The number of carbonyl (C=O) groups is 1. The molecule has 0 saturated heterocycles. The van der Waals surface area contributed by atoms with Crippen molar-refractivity contribution < 1.29 is 4.79 Å². The Balaban J connectivity index is 0.000000357. The maximum absolute atomic E-state index is 9.31. The molecule has 0 amide bonds. The average Bonchev–Trinajstić information content (AvgIpc) is 2.38. The zero-order valence-corrected chi connectivity index (χ0v) is 10.9. The topological polar surface area (TPSA) is 41.8 Å². The lowest BCUT2D eigenvalue weighted by Crippen LogP contribution is -1.62. The van der Waals surface area contributed by atoms with Gasteiger partial charge in [-0.2, -0.15) is 10.2 Å². The molecule has 0 heterocycles. The van der Waals surface area contributed by atoms with Crippen molar-refractivity contribution in [2.45, 2.75) is 6.92 Å². The van der Waals surface area contributed by atoms with Gasteiger partial charge in [0.05, 0.1) is 11.4 Å². The molecule has 0 aliphatic carbocycles. The first kappa shape index (κ1) is 14.1. The van der Waals surface area contributed by atoms with Crippen molar-refractivity contribution >= 4 is 29.1 Å². The minimum Gasteiger partial charge on any atom is -0.288 e. The van der Waals surface area contributed by atoms with Gasteiger partial charge in [-0.1, -0.05) is 36.4 Å². The fraction of sp³-hybridized carbons (Fsp3) is 0.0714. The molecule has 0 spiro atoms. The average molecular weight is 258 g/mol. The number of azo groups is 1. The van der Waals surface area contributed by atoms with Gasteiger partial charge in [0.1, 0.15) is 0 Å². The van der Waals surface area contributed by atoms with Crippen LogP contribution < -0.4 is 0 Å². The minimum absolute atomic E-state index is 0.139. The van der Waals surface area contributed by atoms with Crippen LogP contribution in [0.5, 0.6) is 0 Å². The highest BCUT2D eigenvalue weighted by molar-refractivity contribution is 7.96. The number of hydrogen-bond acceptors (Lipinski definition) is 3.